The topological polar surface area (TPSA) is 43.4 Å². The van der Waals surface area contributed by atoms with Crippen LogP contribution in [-0.4, -0.2) is 37.6 Å². The molecule has 0 N–H and O–H groups in total. The van der Waals surface area contributed by atoms with Gasteiger partial charge in [0.1, 0.15) is 0 Å². The fourth-order valence-electron chi connectivity index (χ4n) is 0.762. The molecule has 0 aliphatic heterocycles. The van der Waals surface area contributed by atoms with Gasteiger partial charge in [0.15, 0.2) is 0 Å². The van der Waals surface area contributed by atoms with Crippen LogP contribution >= 0.6 is 12.9 Å². The molecule has 0 aliphatic carbocycles. The Kier molecular flexibility index (Phi) is 4.88. The van der Waals surface area contributed by atoms with E-state index in [0.29, 0.717) is 0 Å². The highest BCUT2D eigenvalue weighted by atomic mass is 32.3. The minimum atomic E-state index is -7.82. The van der Waals surface area contributed by atoms with Crippen molar-refractivity contribution < 1.29 is 60.3 Å². The molecule has 21 heavy (non-hydrogen) atoms. The first kappa shape index (κ1) is 20.5. The lowest BCUT2D eigenvalue weighted by Gasteiger charge is -2.36. The zero-order chi connectivity index (χ0) is 17.7. The Morgan fingerprint density at radius 3 is 1.24 bits per heavy atom. The molecular weight excluding hydrogens is 381 g/mol. The summed E-state index contributed by atoms with van der Waals surface area (Å²) in [6.45, 7) is 0. The van der Waals surface area contributed by atoms with Crippen LogP contribution < -0.4 is 0 Å². The van der Waals surface area contributed by atoms with E-state index in [1.165, 1.54) is 0 Å². The second kappa shape index (κ2) is 5.00. The lowest BCUT2D eigenvalue weighted by Crippen LogP contribution is -2.67. The third-order valence-corrected chi connectivity index (χ3v) is 3.59. The summed E-state index contributed by atoms with van der Waals surface area (Å²) in [5, 5.41) is -7.14. The number of hydrogen-bond acceptors (Lipinski definition) is 4. The van der Waals surface area contributed by atoms with Gasteiger partial charge >= 0.3 is 39.3 Å². The molecule has 3 nitrogen and oxygen atoms in total. The van der Waals surface area contributed by atoms with Gasteiger partial charge in [0, 0.05) is 0 Å². The Bertz CT molecular complexity index is 492. The summed E-state index contributed by atoms with van der Waals surface area (Å²) in [7, 11) is -7.04. The van der Waals surface area contributed by atoms with E-state index in [1.807, 2.05) is 0 Å². The number of hydrogen-bond donors (Lipinski definition) is 1. The highest BCUT2D eigenvalue weighted by molar-refractivity contribution is 7.96. The molecule has 0 aromatic carbocycles. The van der Waals surface area contributed by atoms with Crippen molar-refractivity contribution in [1.82, 2.24) is 0 Å². The maximum atomic E-state index is 12.7. The molecule has 0 heterocycles. The number of alkyl halides is 11. The van der Waals surface area contributed by atoms with Crippen LogP contribution in [0.4, 0.5) is 48.3 Å². The summed E-state index contributed by atoms with van der Waals surface area (Å²) < 4.78 is 159. The van der Waals surface area contributed by atoms with Crippen LogP contribution in [0.3, 0.4) is 0 Å². The highest BCUT2D eigenvalue weighted by Gasteiger charge is 2.89. The minimum Gasteiger partial charge on any atom is -0.196 e. The molecule has 0 spiro atoms. The zero-order valence-electron chi connectivity index (χ0n) is 8.74. The minimum absolute atomic E-state index is 2.10. The molecule has 16 heteroatoms. The van der Waals surface area contributed by atoms with Gasteiger partial charge < -0.3 is 0 Å². The van der Waals surface area contributed by atoms with Crippen molar-refractivity contribution in [1.29, 1.82) is 0 Å². The van der Waals surface area contributed by atoms with Crippen LogP contribution in [-0.2, 0) is 13.7 Å². The Balaban J connectivity index is 6.27. The average molecular weight is 382 g/mol. The third-order valence-electron chi connectivity index (χ3n) is 1.92. The van der Waals surface area contributed by atoms with Crippen molar-refractivity contribution in [2.75, 3.05) is 0 Å². The van der Waals surface area contributed by atoms with Crippen LogP contribution in [0.25, 0.3) is 0 Å². The Morgan fingerprint density at radius 1 is 0.667 bits per heavy atom. The van der Waals surface area contributed by atoms with Gasteiger partial charge in [-0.2, -0.15) is 60.3 Å². The number of thiol groups is 1. The summed E-state index contributed by atoms with van der Waals surface area (Å²) in [6.07, 6.45) is -7.37. The predicted molar refractivity (Wildman–Crippen MR) is 44.8 cm³/mol. The Morgan fingerprint density at radius 2 is 1.00 bits per heavy atom. The van der Waals surface area contributed by atoms with Crippen LogP contribution in [0.1, 0.15) is 0 Å². The van der Waals surface area contributed by atoms with E-state index in [1.54, 1.807) is 0 Å². The molecule has 0 bridgehead atoms. The molecule has 0 aromatic rings. The fourth-order valence-corrected chi connectivity index (χ4v) is 1.58. The quantitative estimate of drug-likeness (QED) is 0.451. The molecular formula is C5HF11O3S2. The summed E-state index contributed by atoms with van der Waals surface area (Å²) in [6, 6.07) is 0. The third kappa shape index (κ3) is 2.64. The van der Waals surface area contributed by atoms with E-state index in [4.69, 9.17) is 0 Å². The fraction of sp³-hybridized carbons (Fsp3) is 1.00. The van der Waals surface area contributed by atoms with E-state index >= 15 is 0 Å². The first-order valence-corrected chi connectivity index (χ1v) is 5.74. The van der Waals surface area contributed by atoms with Crippen molar-refractivity contribution in [2.24, 2.45) is 0 Å². The molecule has 0 saturated heterocycles. The number of halogens is 11. The van der Waals surface area contributed by atoms with Gasteiger partial charge in [-0.05, 0) is 12.9 Å². The molecule has 0 unspecified atom stereocenters. The lowest BCUT2D eigenvalue weighted by atomic mass is 10.0. The van der Waals surface area contributed by atoms with Crippen LogP contribution in [0.5, 0.6) is 0 Å². The van der Waals surface area contributed by atoms with E-state index < -0.39 is 39.3 Å². The molecule has 0 saturated carbocycles. The van der Waals surface area contributed by atoms with Crippen LogP contribution in [0, 0.1) is 0 Å². The molecule has 0 amide bonds. The van der Waals surface area contributed by atoms with Crippen molar-refractivity contribution >= 4 is 23.0 Å². The second-order valence-electron chi connectivity index (χ2n) is 3.27. The summed E-state index contributed by atoms with van der Waals surface area (Å²) in [5.41, 5.74) is 0. The molecule has 0 rings (SSSR count). The first-order chi connectivity index (χ1) is 8.81. The SMILES string of the molecule is O=S(=O)(OS)C(F)(F)C(F)(F)C(F)(F)C(F)(F)C(F)(F)F. The van der Waals surface area contributed by atoms with E-state index in [9.17, 15) is 56.7 Å². The van der Waals surface area contributed by atoms with Gasteiger partial charge in [-0.1, -0.05) is 0 Å². The van der Waals surface area contributed by atoms with Crippen molar-refractivity contribution in [3.63, 3.8) is 0 Å². The van der Waals surface area contributed by atoms with Gasteiger partial charge in [-0.3, -0.25) is 0 Å². The Hall–Kier alpha value is -0.510. The number of rotatable bonds is 5. The van der Waals surface area contributed by atoms with Crippen molar-refractivity contribution in [3.8, 4) is 0 Å². The van der Waals surface area contributed by atoms with E-state index in [-0.39, 0.29) is 0 Å². The van der Waals surface area contributed by atoms with Crippen LogP contribution in [0.15, 0.2) is 0 Å². The maximum absolute atomic E-state index is 12.7. The standard InChI is InChI=1S/C5HF11O3S2/c6-1(7,2(8,9)4(12,13)14)3(10,11)5(15,16)21(17,18)19-20/h20H. The Labute approximate surface area is 113 Å². The second-order valence-corrected chi connectivity index (χ2v) is 5.28. The van der Waals surface area contributed by atoms with E-state index in [0.717, 1.165) is 0 Å². The molecule has 0 aromatic heterocycles. The normalized spacial score (nSPS) is 16.2. The molecule has 0 aliphatic rings. The zero-order valence-corrected chi connectivity index (χ0v) is 10.4. The largest absolute Gasteiger partial charge is 0.460 e. The van der Waals surface area contributed by atoms with Gasteiger partial charge in [0.2, 0.25) is 0 Å². The van der Waals surface area contributed by atoms with Gasteiger partial charge in [0.25, 0.3) is 0 Å². The molecule has 0 radical (unpaired) electrons. The van der Waals surface area contributed by atoms with Crippen molar-refractivity contribution in [3.05, 3.63) is 0 Å². The van der Waals surface area contributed by atoms with Crippen molar-refractivity contribution in [2.45, 2.75) is 29.2 Å². The molecule has 128 valence electrons. The highest BCUT2D eigenvalue weighted by Crippen LogP contribution is 2.58. The van der Waals surface area contributed by atoms with Crippen LogP contribution in [0.2, 0.25) is 0 Å². The average Bonchev–Trinajstić information content (AvgIpc) is 2.26. The monoisotopic (exact) mass is 382 g/mol. The maximum Gasteiger partial charge on any atom is 0.460 e. The first-order valence-electron chi connectivity index (χ1n) is 3.97. The summed E-state index contributed by atoms with van der Waals surface area (Å²) in [5.74, 6) is -23.2. The van der Waals surface area contributed by atoms with E-state index in [2.05, 4.69) is 16.5 Å². The summed E-state index contributed by atoms with van der Waals surface area (Å²) in [4.78, 5) is 0. The van der Waals surface area contributed by atoms with Gasteiger partial charge in [-0.25, -0.2) is 0 Å². The lowest BCUT2D eigenvalue weighted by molar-refractivity contribution is -0.413. The van der Waals surface area contributed by atoms with Gasteiger partial charge in [-0.15, -0.1) is 0 Å². The summed E-state index contributed by atoms with van der Waals surface area (Å²) >= 11 is 2.10. The predicted octanol–water partition coefficient (Wildman–Crippen LogP) is 3.24. The smallest absolute Gasteiger partial charge is 0.196 e. The van der Waals surface area contributed by atoms with Gasteiger partial charge in [0.05, 0.1) is 0 Å². The molecule has 0 atom stereocenters. The molecule has 0 fully saturated rings.